The van der Waals surface area contributed by atoms with Gasteiger partial charge < -0.3 is 9.64 Å². The standard InChI is InChI=1S/C14H11Cl12N3O/c1-30-8-4-2-7(3-5-8)29-9(11(15,16)17)27(13(21,22)23)6-28(14(24,25)26)10(29)12(18,19)20/h2-5,9-10H,6H2,1H3. The molecule has 1 saturated heterocycles. The summed E-state index contributed by atoms with van der Waals surface area (Å²) in [5, 5.41) is 0. The molecule has 172 valence electrons. The molecule has 1 fully saturated rings. The van der Waals surface area contributed by atoms with Crippen molar-refractivity contribution in [3.05, 3.63) is 24.3 Å². The highest BCUT2D eigenvalue weighted by Crippen LogP contribution is 2.53. The molecular formula is C14H11Cl12N3O. The number of halogens is 12. The molecule has 16 heteroatoms. The fraction of sp³-hybridized carbons (Fsp3) is 0.571. The zero-order valence-electron chi connectivity index (χ0n) is 14.5. The quantitative estimate of drug-likeness (QED) is 0.235. The Morgan fingerprint density at radius 3 is 1.33 bits per heavy atom. The molecule has 1 aliphatic heterocycles. The van der Waals surface area contributed by atoms with Crippen LogP contribution in [-0.4, -0.2) is 51.3 Å². The first kappa shape index (κ1) is 28.5. The summed E-state index contributed by atoms with van der Waals surface area (Å²) >= 11 is 74.8. The Labute approximate surface area is 233 Å². The number of hydrogen-bond acceptors (Lipinski definition) is 4. The fourth-order valence-electron chi connectivity index (χ4n) is 2.90. The number of hydrogen-bond donors (Lipinski definition) is 0. The monoisotopic (exact) mass is 657 g/mol. The van der Waals surface area contributed by atoms with Crippen LogP contribution >= 0.6 is 139 Å². The van der Waals surface area contributed by atoms with Gasteiger partial charge in [0.2, 0.25) is 7.59 Å². The molecule has 0 saturated carbocycles. The molecule has 1 aromatic rings. The lowest BCUT2D eigenvalue weighted by atomic mass is 10.2. The predicted molar refractivity (Wildman–Crippen MR) is 133 cm³/mol. The van der Waals surface area contributed by atoms with E-state index in [4.69, 9.17) is 144 Å². The van der Waals surface area contributed by atoms with E-state index in [0.717, 1.165) is 9.80 Å². The van der Waals surface area contributed by atoms with Crippen LogP contribution < -0.4 is 9.64 Å². The van der Waals surface area contributed by atoms with E-state index in [1.165, 1.54) is 12.0 Å². The zero-order valence-corrected chi connectivity index (χ0v) is 23.5. The molecule has 2 unspecified atom stereocenters. The number of benzene rings is 1. The van der Waals surface area contributed by atoms with Gasteiger partial charge in [0.15, 0.2) is 0 Å². The Morgan fingerprint density at radius 2 is 1.07 bits per heavy atom. The molecule has 2 atom stereocenters. The van der Waals surface area contributed by atoms with E-state index in [-0.39, 0.29) is 6.67 Å². The van der Waals surface area contributed by atoms with Gasteiger partial charge in [-0.2, -0.15) is 0 Å². The molecular weight excluding hydrogens is 652 g/mol. The van der Waals surface area contributed by atoms with Gasteiger partial charge >= 0.3 is 0 Å². The molecule has 0 aliphatic carbocycles. The highest BCUT2D eigenvalue weighted by atomic mass is 35.6. The van der Waals surface area contributed by atoms with Gasteiger partial charge in [-0.1, -0.05) is 139 Å². The van der Waals surface area contributed by atoms with E-state index >= 15 is 0 Å². The summed E-state index contributed by atoms with van der Waals surface area (Å²) in [7, 11) is 1.50. The average molecular weight is 663 g/mol. The molecule has 1 aromatic carbocycles. The fourth-order valence-corrected chi connectivity index (χ4v) is 5.11. The van der Waals surface area contributed by atoms with E-state index in [9.17, 15) is 0 Å². The maximum Gasteiger partial charge on any atom is 0.250 e. The number of nitrogens with zero attached hydrogens (tertiary/aromatic N) is 3. The Hall–Kier alpha value is 2.22. The largest absolute Gasteiger partial charge is 0.497 e. The van der Waals surface area contributed by atoms with Crippen LogP contribution in [0.3, 0.4) is 0 Å². The van der Waals surface area contributed by atoms with Crippen molar-refractivity contribution in [1.82, 2.24) is 9.80 Å². The number of ether oxygens (including phenoxy) is 1. The van der Waals surface area contributed by atoms with Crippen molar-refractivity contribution < 1.29 is 4.74 Å². The molecule has 0 spiro atoms. The SMILES string of the molecule is COc1ccc(N2C(C(Cl)(Cl)Cl)N(C(Cl)(Cl)Cl)CN(C(Cl)(Cl)Cl)C2C(Cl)(Cl)Cl)cc1. The number of rotatable bonds is 2. The molecule has 0 bridgehead atoms. The lowest BCUT2D eigenvalue weighted by Gasteiger charge is -2.59. The van der Waals surface area contributed by atoms with Crippen LogP contribution in [0, 0.1) is 0 Å². The van der Waals surface area contributed by atoms with Crippen molar-refractivity contribution in [3.8, 4) is 5.75 Å². The van der Waals surface area contributed by atoms with E-state index in [1.807, 2.05) is 0 Å². The van der Waals surface area contributed by atoms with E-state index in [2.05, 4.69) is 0 Å². The summed E-state index contributed by atoms with van der Waals surface area (Å²) in [6, 6.07) is 6.50. The Morgan fingerprint density at radius 1 is 0.700 bits per heavy atom. The topological polar surface area (TPSA) is 19.0 Å². The summed E-state index contributed by atoms with van der Waals surface area (Å²) < 4.78 is -3.18. The lowest BCUT2D eigenvalue weighted by Crippen LogP contribution is -2.76. The smallest absolute Gasteiger partial charge is 0.250 e. The Kier molecular flexibility index (Phi) is 9.55. The molecule has 0 aromatic heterocycles. The van der Waals surface area contributed by atoms with Crippen LogP contribution in [0.2, 0.25) is 0 Å². The van der Waals surface area contributed by atoms with Crippen molar-refractivity contribution in [2.24, 2.45) is 0 Å². The van der Waals surface area contributed by atoms with E-state index in [0.29, 0.717) is 11.4 Å². The van der Waals surface area contributed by atoms with E-state index < -0.39 is 27.7 Å². The van der Waals surface area contributed by atoms with Gasteiger partial charge in [0, 0.05) is 5.69 Å². The Balaban J connectivity index is 2.81. The van der Waals surface area contributed by atoms with Crippen LogP contribution in [0.1, 0.15) is 0 Å². The molecule has 30 heavy (non-hydrogen) atoms. The Bertz CT molecular complexity index is 686. The summed E-state index contributed by atoms with van der Waals surface area (Å²) in [5.74, 6) is 0.545. The van der Waals surface area contributed by atoms with Gasteiger partial charge in [0.05, 0.1) is 13.8 Å². The van der Waals surface area contributed by atoms with Crippen LogP contribution in [-0.2, 0) is 0 Å². The van der Waals surface area contributed by atoms with Crippen molar-refractivity contribution >= 4 is 145 Å². The highest BCUT2D eigenvalue weighted by Gasteiger charge is 2.61. The second-order valence-electron chi connectivity index (χ2n) is 5.95. The summed E-state index contributed by atoms with van der Waals surface area (Å²) in [6.45, 7) is -0.350. The van der Waals surface area contributed by atoms with Crippen LogP contribution in [0.4, 0.5) is 5.69 Å². The third-order valence-corrected chi connectivity index (χ3v) is 6.50. The first-order chi connectivity index (χ1) is 13.4. The summed E-state index contributed by atoms with van der Waals surface area (Å²) in [4.78, 5) is 3.69. The predicted octanol–water partition coefficient (Wildman–Crippen LogP) is 8.12. The van der Waals surface area contributed by atoms with Gasteiger partial charge in [0.25, 0.3) is 7.83 Å². The summed E-state index contributed by atoms with van der Waals surface area (Å²) in [6.07, 6.45) is -2.54. The number of alkyl halides is 12. The maximum absolute atomic E-state index is 6.29. The van der Waals surface area contributed by atoms with Crippen molar-refractivity contribution in [3.63, 3.8) is 0 Å². The van der Waals surface area contributed by atoms with Crippen LogP contribution in [0.25, 0.3) is 0 Å². The third kappa shape index (κ3) is 6.66. The van der Waals surface area contributed by atoms with Gasteiger partial charge in [0.1, 0.15) is 18.1 Å². The molecule has 0 amide bonds. The number of methoxy groups -OCH3 is 1. The maximum atomic E-state index is 6.29. The van der Waals surface area contributed by atoms with Gasteiger partial charge in [-0.05, 0) is 24.3 Å². The molecule has 0 radical (unpaired) electrons. The van der Waals surface area contributed by atoms with Gasteiger partial charge in [-0.25, -0.2) is 9.80 Å². The van der Waals surface area contributed by atoms with Crippen LogP contribution in [0.15, 0.2) is 24.3 Å². The second kappa shape index (κ2) is 10.1. The highest BCUT2D eigenvalue weighted by molar-refractivity contribution is 6.70. The van der Waals surface area contributed by atoms with Gasteiger partial charge in [-0.3, -0.25) is 0 Å². The van der Waals surface area contributed by atoms with E-state index in [1.54, 1.807) is 24.3 Å². The van der Waals surface area contributed by atoms with Crippen molar-refractivity contribution in [2.75, 3.05) is 18.7 Å². The third-order valence-electron chi connectivity index (χ3n) is 4.03. The molecule has 2 rings (SSSR count). The molecule has 0 N–H and O–H groups in total. The molecule has 1 heterocycles. The summed E-state index contributed by atoms with van der Waals surface area (Å²) in [5.41, 5.74) is 0.390. The minimum absolute atomic E-state index is 0.350. The lowest BCUT2D eigenvalue weighted by molar-refractivity contribution is -0.00207. The van der Waals surface area contributed by atoms with Crippen molar-refractivity contribution in [2.45, 2.75) is 27.7 Å². The normalized spacial score (nSPS) is 23.0. The van der Waals surface area contributed by atoms with Crippen molar-refractivity contribution in [1.29, 1.82) is 0 Å². The molecule has 1 aliphatic rings. The van der Waals surface area contributed by atoms with Crippen LogP contribution in [0.5, 0.6) is 5.75 Å². The number of anilines is 1. The minimum atomic E-state index is -2.11. The first-order valence-electron chi connectivity index (χ1n) is 7.61. The average Bonchev–Trinajstić information content (AvgIpc) is 2.56. The van der Waals surface area contributed by atoms with Gasteiger partial charge in [-0.15, -0.1) is 0 Å². The molecule has 4 nitrogen and oxygen atoms in total. The zero-order chi connectivity index (χ0) is 23.3. The first-order valence-corrected chi connectivity index (χ1v) is 12.2. The second-order valence-corrected chi connectivity index (χ2v) is 15.1. The minimum Gasteiger partial charge on any atom is -0.497 e.